The predicted octanol–water partition coefficient (Wildman–Crippen LogP) is 4.84. The van der Waals surface area contributed by atoms with Gasteiger partial charge in [-0.3, -0.25) is 24.0 Å². The van der Waals surface area contributed by atoms with Crippen LogP contribution in [0.2, 0.25) is 10.0 Å². The smallest absolute Gasteiger partial charge is 0.271 e. The summed E-state index contributed by atoms with van der Waals surface area (Å²) in [5.74, 6) is -0.994. The number of nitro benzene ring substituents is 1. The Morgan fingerprint density at radius 1 is 1.15 bits per heavy atom. The Bertz CT molecular complexity index is 1350. The van der Waals surface area contributed by atoms with E-state index in [0.717, 1.165) is 42.3 Å². The van der Waals surface area contributed by atoms with Crippen LogP contribution >= 0.6 is 23.2 Å². The molecule has 0 heterocycles. The topological polar surface area (TPSA) is 130 Å². The van der Waals surface area contributed by atoms with Crippen molar-refractivity contribution in [2.45, 2.75) is 64.6 Å². The Kier molecular flexibility index (Phi) is 10.2. The largest absolute Gasteiger partial charge is 0.352 e. The van der Waals surface area contributed by atoms with Crippen LogP contribution < -0.4 is 9.62 Å². The van der Waals surface area contributed by atoms with Gasteiger partial charge in [0.2, 0.25) is 21.8 Å². The minimum Gasteiger partial charge on any atom is -0.352 e. The Labute approximate surface area is 238 Å². The van der Waals surface area contributed by atoms with Gasteiger partial charge >= 0.3 is 0 Å². The number of nitrogens with one attached hydrogen (secondary N) is 1. The zero-order chi connectivity index (χ0) is 28.9. The van der Waals surface area contributed by atoms with Gasteiger partial charge in [-0.1, -0.05) is 55.1 Å². The number of benzene rings is 2. The lowest BCUT2D eigenvalue weighted by molar-refractivity contribution is -0.384. The van der Waals surface area contributed by atoms with Gasteiger partial charge in [-0.2, -0.15) is 0 Å². The van der Waals surface area contributed by atoms with Crippen LogP contribution in [0, 0.1) is 17.0 Å². The van der Waals surface area contributed by atoms with Crippen molar-refractivity contribution >= 4 is 56.4 Å². The molecular formula is C26H32Cl2N4O6S. The van der Waals surface area contributed by atoms with Gasteiger partial charge < -0.3 is 10.2 Å². The Morgan fingerprint density at radius 3 is 2.38 bits per heavy atom. The van der Waals surface area contributed by atoms with E-state index < -0.39 is 33.4 Å². The first-order valence-corrected chi connectivity index (χ1v) is 15.2. The monoisotopic (exact) mass is 598 g/mol. The summed E-state index contributed by atoms with van der Waals surface area (Å²) in [6.45, 7) is 2.62. The van der Waals surface area contributed by atoms with E-state index >= 15 is 0 Å². The van der Waals surface area contributed by atoms with Crippen molar-refractivity contribution in [3.63, 3.8) is 0 Å². The maximum absolute atomic E-state index is 13.9. The molecule has 0 saturated heterocycles. The molecule has 0 aliphatic heterocycles. The van der Waals surface area contributed by atoms with Crippen LogP contribution in [0.3, 0.4) is 0 Å². The maximum atomic E-state index is 13.9. The van der Waals surface area contributed by atoms with E-state index in [2.05, 4.69) is 5.32 Å². The molecule has 2 aromatic rings. The Hall–Kier alpha value is -2.89. The SMILES string of the molecule is CCC(C(=O)NC1CCCC1)N(Cc1ccc(Cl)cc1Cl)C(=O)CN(c1cc([N+](=O)[O-])ccc1C)S(C)(=O)=O. The molecule has 0 aromatic heterocycles. The van der Waals surface area contributed by atoms with Crippen LogP contribution in [0.25, 0.3) is 0 Å². The number of aryl methyl sites for hydroxylation is 1. The van der Waals surface area contributed by atoms with Gasteiger partial charge in [-0.25, -0.2) is 8.42 Å². The lowest BCUT2D eigenvalue weighted by atomic mass is 10.1. The summed E-state index contributed by atoms with van der Waals surface area (Å²) in [7, 11) is -4.05. The van der Waals surface area contributed by atoms with Gasteiger partial charge in [0, 0.05) is 34.8 Å². The van der Waals surface area contributed by atoms with E-state index in [1.807, 2.05) is 0 Å². The summed E-state index contributed by atoms with van der Waals surface area (Å²) in [6, 6.07) is 7.69. The summed E-state index contributed by atoms with van der Waals surface area (Å²) < 4.78 is 26.5. The van der Waals surface area contributed by atoms with Crippen molar-refractivity contribution in [1.82, 2.24) is 10.2 Å². The lowest BCUT2D eigenvalue weighted by Gasteiger charge is -2.33. The molecule has 1 unspecified atom stereocenters. The number of non-ortho nitro benzene ring substituents is 1. The summed E-state index contributed by atoms with van der Waals surface area (Å²) in [5, 5.41) is 15.1. The van der Waals surface area contributed by atoms with Gasteiger partial charge in [-0.05, 0) is 49.4 Å². The number of sulfonamides is 1. The molecular weight excluding hydrogens is 567 g/mol. The van der Waals surface area contributed by atoms with Crippen LogP contribution in [-0.2, 0) is 26.2 Å². The van der Waals surface area contributed by atoms with E-state index in [1.54, 1.807) is 26.0 Å². The minimum atomic E-state index is -4.05. The third-order valence-corrected chi connectivity index (χ3v) is 8.51. The van der Waals surface area contributed by atoms with Crippen molar-refractivity contribution in [1.29, 1.82) is 0 Å². The fourth-order valence-electron chi connectivity index (χ4n) is 4.70. The normalized spacial score (nSPS) is 14.6. The molecule has 1 atom stereocenters. The summed E-state index contributed by atoms with van der Waals surface area (Å²) in [5.41, 5.74) is 0.646. The van der Waals surface area contributed by atoms with Gasteiger partial charge in [0.05, 0.1) is 16.9 Å². The van der Waals surface area contributed by atoms with Crippen molar-refractivity contribution in [3.05, 3.63) is 67.7 Å². The third kappa shape index (κ3) is 7.83. The third-order valence-electron chi connectivity index (χ3n) is 6.79. The van der Waals surface area contributed by atoms with Gasteiger partial charge in [0.1, 0.15) is 12.6 Å². The first-order valence-electron chi connectivity index (χ1n) is 12.6. The number of halogens is 2. The second kappa shape index (κ2) is 13.0. The quantitative estimate of drug-likeness (QED) is 0.291. The van der Waals surface area contributed by atoms with E-state index in [9.17, 15) is 28.1 Å². The molecule has 2 aromatic carbocycles. The van der Waals surface area contributed by atoms with Crippen LogP contribution in [0.1, 0.15) is 50.2 Å². The van der Waals surface area contributed by atoms with E-state index in [-0.39, 0.29) is 36.3 Å². The molecule has 39 heavy (non-hydrogen) atoms. The van der Waals surface area contributed by atoms with Crippen molar-refractivity contribution < 1.29 is 22.9 Å². The number of carbonyl (C=O) groups excluding carboxylic acids is 2. The molecule has 13 heteroatoms. The molecule has 0 radical (unpaired) electrons. The first-order chi connectivity index (χ1) is 18.3. The van der Waals surface area contributed by atoms with Crippen molar-refractivity contribution in [3.8, 4) is 0 Å². The zero-order valence-electron chi connectivity index (χ0n) is 22.0. The van der Waals surface area contributed by atoms with Gasteiger partial charge in [-0.15, -0.1) is 0 Å². The minimum absolute atomic E-state index is 0.00739. The average Bonchev–Trinajstić information content (AvgIpc) is 3.36. The highest BCUT2D eigenvalue weighted by Gasteiger charge is 2.34. The van der Waals surface area contributed by atoms with Crippen LogP contribution in [0.5, 0.6) is 0 Å². The van der Waals surface area contributed by atoms with E-state index in [1.165, 1.54) is 23.1 Å². The molecule has 10 nitrogen and oxygen atoms in total. The van der Waals surface area contributed by atoms with Crippen LogP contribution in [0.4, 0.5) is 11.4 Å². The second-order valence-corrected chi connectivity index (χ2v) is 12.4. The maximum Gasteiger partial charge on any atom is 0.271 e. The van der Waals surface area contributed by atoms with Gasteiger partial charge in [0.25, 0.3) is 5.69 Å². The van der Waals surface area contributed by atoms with Crippen LogP contribution in [0.15, 0.2) is 36.4 Å². The fraction of sp³-hybridized carbons (Fsp3) is 0.462. The first kappa shape index (κ1) is 30.6. The number of carbonyl (C=O) groups is 2. The number of nitrogens with zero attached hydrogens (tertiary/aromatic N) is 3. The van der Waals surface area contributed by atoms with E-state index in [4.69, 9.17) is 23.2 Å². The summed E-state index contributed by atoms with van der Waals surface area (Å²) >= 11 is 12.4. The number of amides is 2. The molecule has 1 aliphatic rings. The number of hydrogen-bond donors (Lipinski definition) is 1. The molecule has 1 fully saturated rings. The van der Waals surface area contributed by atoms with E-state index in [0.29, 0.717) is 21.2 Å². The van der Waals surface area contributed by atoms with Crippen LogP contribution in [-0.4, -0.2) is 54.9 Å². The Morgan fingerprint density at radius 2 is 1.82 bits per heavy atom. The molecule has 1 saturated carbocycles. The molecule has 1 N–H and O–H groups in total. The molecule has 3 rings (SSSR count). The summed E-state index contributed by atoms with van der Waals surface area (Å²) in [4.78, 5) is 39.3. The summed E-state index contributed by atoms with van der Waals surface area (Å²) in [6.07, 6.45) is 4.92. The number of anilines is 1. The molecule has 0 bridgehead atoms. The second-order valence-electron chi connectivity index (χ2n) is 9.67. The zero-order valence-corrected chi connectivity index (χ0v) is 24.4. The fourth-order valence-corrected chi connectivity index (χ4v) is 6.06. The van der Waals surface area contributed by atoms with Crippen molar-refractivity contribution in [2.75, 3.05) is 17.1 Å². The highest BCUT2D eigenvalue weighted by molar-refractivity contribution is 7.92. The number of hydrogen-bond acceptors (Lipinski definition) is 6. The lowest BCUT2D eigenvalue weighted by Crippen LogP contribution is -2.53. The van der Waals surface area contributed by atoms with Crippen molar-refractivity contribution in [2.24, 2.45) is 0 Å². The Balaban J connectivity index is 2.01. The highest BCUT2D eigenvalue weighted by Crippen LogP contribution is 2.29. The molecule has 1 aliphatic carbocycles. The molecule has 0 spiro atoms. The molecule has 212 valence electrons. The number of rotatable bonds is 11. The predicted molar refractivity (Wildman–Crippen MR) is 152 cm³/mol. The average molecular weight is 600 g/mol. The van der Waals surface area contributed by atoms with Gasteiger partial charge in [0.15, 0.2) is 0 Å². The number of nitro groups is 1. The standard InChI is InChI=1S/C26H32Cl2N4O6S/c1-4-23(26(34)29-20-7-5-6-8-20)30(15-18-10-11-19(27)13-22(18)28)25(33)16-31(39(3,37)38)24-14-21(32(35)36)12-9-17(24)2/h9-14,20,23H,4-8,15-16H2,1-3H3,(H,29,34). The molecule has 2 amide bonds. The highest BCUT2D eigenvalue weighted by atomic mass is 35.5.